The Labute approximate surface area is 162 Å². The highest BCUT2D eigenvalue weighted by atomic mass is 32.2. The van der Waals surface area contributed by atoms with Crippen molar-refractivity contribution in [2.24, 2.45) is 5.92 Å². The lowest BCUT2D eigenvalue weighted by Crippen LogP contribution is -2.44. The summed E-state index contributed by atoms with van der Waals surface area (Å²) >= 11 is 0. The summed E-state index contributed by atoms with van der Waals surface area (Å²) < 4.78 is 43.9. The number of benzene rings is 2. The van der Waals surface area contributed by atoms with Crippen LogP contribution >= 0.6 is 0 Å². The van der Waals surface area contributed by atoms with E-state index >= 15 is 0 Å². The molecule has 2 aromatic carbocycles. The molecular formula is C20H20FNO5S. The van der Waals surface area contributed by atoms with E-state index in [4.69, 9.17) is 4.74 Å². The molecule has 0 saturated heterocycles. The minimum Gasteiger partial charge on any atom is -0.444 e. The van der Waals surface area contributed by atoms with Gasteiger partial charge < -0.3 is 10.1 Å². The molecule has 2 aromatic rings. The number of hydrogen-bond acceptors (Lipinski definition) is 5. The van der Waals surface area contributed by atoms with Gasteiger partial charge in [0.15, 0.2) is 0 Å². The molecule has 1 heterocycles. The van der Waals surface area contributed by atoms with Crippen molar-refractivity contribution in [3.63, 3.8) is 0 Å². The number of halogens is 1. The molecule has 6 nitrogen and oxygen atoms in total. The monoisotopic (exact) mass is 405 g/mol. The Morgan fingerprint density at radius 3 is 2.57 bits per heavy atom. The number of nitrogens with one attached hydrogen (secondary N) is 1. The van der Waals surface area contributed by atoms with E-state index in [0.717, 1.165) is 5.39 Å². The van der Waals surface area contributed by atoms with E-state index in [0.29, 0.717) is 17.4 Å². The quantitative estimate of drug-likeness (QED) is 0.742. The third-order valence-corrected chi connectivity index (χ3v) is 6.84. The van der Waals surface area contributed by atoms with Crippen molar-refractivity contribution in [3.05, 3.63) is 46.9 Å². The number of alkyl carbamates (subject to hydrolysis) is 1. The molecule has 1 aliphatic heterocycles. The molecule has 0 unspecified atom stereocenters. The first kappa shape index (κ1) is 20.0. The summed E-state index contributed by atoms with van der Waals surface area (Å²) in [4.78, 5) is 23.1. The lowest BCUT2D eigenvalue weighted by atomic mass is 10.0. The van der Waals surface area contributed by atoms with Gasteiger partial charge in [-0.25, -0.2) is 13.2 Å². The molecule has 1 amide bonds. The van der Waals surface area contributed by atoms with Crippen LogP contribution in [-0.4, -0.2) is 33.2 Å². The van der Waals surface area contributed by atoms with Gasteiger partial charge in [0.05, 0.1) is 9.80 Å². The second-order valence-electron chi connectivity index (χ2n) is 6.71. The number of amides is 1. The third-order valence-electron chi connectivity index (χ3n) is 4.92. The van der Waals surface area contributed by atoms with E-state index in [1.165, 1.54) is 6.08 Å². The maximum atomic E-state index is 13.1. The zero-order chi connectivity index (χ0) is 20.5. The largest absolute Gasteiger partial charge is 0.444 e. The molecule has 0 aliphatic carbocycles. The van der Waals surface area contributed by atoms with Gasteiger partial charge in [-0.05, 0) is 22.9 Å². The summed E-state index contributed by atoms with van der Waals surface area (Å²) in [5.74, 6) is -0.421. The Bertz CT molecular complexity index is 1080. The van der Waals surface area contributed by atoms with Crippen molar-refractivity contribution in [3.8, 4) is 0 Å². The molecule has 1 N–H and O–H groups in total. The van der Waals surface area contributed by atoms with Crippen LogP contribution in [0.1, 0.15) is 25.8 Å². The summed E-state index contributed by atoms with van der Waals surface area (Å²) in [6, 6.07) is 7.63. The normalized spacial score (nSPS) is 16.8. The SMILES string of the molecule is CC[C@H](C)[C@H](NC(=O)OCC1=Cc2ccc3ccccc3c2S1(=O)=O)C(=O)F. The Balaban J connectivity index is 1.76. The van der Waals surface area contributed by atoms with E-state index in [9.17, 15) is 22.4 Å². The molecule has 0 saturated carbocycles. The molecule has 0 radical (unpaired) electrons. The first-order chi connectivity index (χ1) is 13.3. The molecule has 148 valence electrons. The van der Waals surface area contributed by atoms with E-state index in [1.54, 1.807) is 32.0 Å². The predicted octanol–water partition coefficient (Wildman–Crippen LogP) is 3.61. The number of rotatable bonds is 6. The molecule has 0 spiro atoms. The first-order valence-corrected chi connectivity index (χ1v) is 10.3. The fraction of sp³-hybridized carbons (Fsp3) is 0.300. The van der Waals surface area contributed by atoms with Crippen LogP contribution in [0.2, 0.25) is 0 Å². The van der Waals surface area contributed by atoms with E-state index in [2.05, 4.69) is 5.32 Å². The Morgan fingerprint density at radius 2 is 1.89 bits per heavy atom. The molecule has 0 bridgehead atoms. The fourth-order valence-corrected chi connectivity index (χ4v) is 4.81. The van der Waals surface area contributed by atoms with Crippen LogP contribution in [-0.2, 0) is 19.4 Å². The van der Waals surface area contributed by atoms with Crippen LogP contribution < -0.4 is 5.32 Å². The Hall–Kier alpha value is -2.74. The van der Waals surface area contributed by atoms with Crippen LogP contribution in [0.4, 0.5) is 9.18 Å². The number of carbonyl (C=O) groups excluding carboxylic acids is 2. The maximum absolute atomic E-state index is 13.1. The average Bonchev–Trinajstić information content (AvgIpc) is 2.94. The second kappa shape index (κ2) is 7.71. The van der Waals surface area contributed by atoms with Crippen molar-refractivity contribution in [1.29, 1.82) is 0 Å². The van der Waals surface area contributed by atoms with Crippen LogP contribution in [0.3, 0.4) is 0 Å². The van der Waals surface area contributed by atoms with E-state index in [1.807, 2.05) is 18.2 Å². The van der Waals surface area contributed by atoms with Crippen molar-refractivity contribution in [2.75, 3.05) is 6.61 Å². The van der Waals surface area contributed by atoms with Crippen molar-refractivity contribution in [2.45, 2.75) is 31.2 Å². The smallest absolute Gasteiger partial charge is 0.408 e. The zero-order valence-corrected chi connectivity index (χ0v) is 16.3. The fourth-order valence-electron chi connectivity index (χ4n) is 3.14. The molecule has 1 aliphatic rings. The van der Waals surface area contributed by atoms with E-state index < -0.39 is 40.5 Å². The third kappa shape index (κ3) is 3.64. The Morgan fingerprint density at radius 1 is 1.18 bits per heavy atom. The maximum Gasteiger partial charge on any atom is 0.408 e. The standard InChI is InChI=1S/C20H20FNO5S/c1-3-12(2)17(19(21)23)22-20(24)27-11-15-10-14-9-8-13-6-4-5-7-16(13)18(14)28(15,25)26/h4-10,12,17H,3,11H2,1-2H3,(H,22,24)/t12-,17-/m0/s1. The van der Waals surface area contributed by atoms with Gasteiger partial charge in [-0.15, -0.1) is 0 Å². The van der Waals surface area contributed by atoms with Gasteiger partial charge in [-0.1, -0.05) is 56.7 Å². The number of hydrogen-bond donors (Lipinski definition) is 1. The average molecular weight is 405 g/mol. The van der Waals surface area contributed by atoms with Gasteiger partial charge in [-0.3, -0.25) is 4.79 Å². The predicted molar refractivity (Wildman–Crippen MR) is 103 cm³/mol. The molecule has 28 heavy (non-hydrogen) atoms. The first-order valence-electron chi connectivity index (χ1n) is 8.85. The van der Waals surface area contributed by atoms with Crippen molar-refractivity contribution >= 4 is 38.8 Å². The zero-order valence-electron chi connectivity index (χ0n) is 15.4. The highest BCUT2D eigenvalue weighted by molar-refractivity contribution is 7.96. The van der Waals surface area contributed by atoms with Crippen molar-refractivity contribution < 1.29 is 27.1 Å². The highest BCUT2D eigenvalue weighted by Crippen LogP contribution is 2.38. The number of ether oxygens (including phenoxy) is 1. The van der Waals surface area contributed by atoms with Gasteiger partial charge in [0.2, 0.25) is 9.84 Å². The minimum atomic E-state index is -3.82. The summed E-state index contributed by atoms with van der Waals surface area (Å²) in [6.45, 7) is 2.87. The lowest BCUT2D eigenvalue weighted by Gasteiger charge is -2.19. The van der Waals surface area contributed by atoms with Gasteiger partial charge in [0.25, 0.3) is 0 Å². The van der Waals surface area contributed by atoms with Gasteiger partial charge in [-0.2, -0.15) is 4.39 Å². The van der Waals surface area contributed by atoms with Crippen LogP contribution in [0.15, 0.2) is 46.2 Å². The van der Waals surface area contributed by atoms with Gasteiger partial charge in [0, 0.05) is 5.39 Å². The molecule has 3 rings (SSSR count). The van der Waals surface area contributed by atoms with Gasteiger partial charge in [0.1, 0.15) is 12.6 Å². The van der Waals surface area contributed by atoms with Crippen molar-refractivity contribution in [1.82, 2.24) is 5.32 Å². The summed E-state index contributed by atoms with van der Waals surface area (Å²) in [7, 11) is -3.82. The molecule has 8 heteroatoms. The van der Waals surface area contributed by atoms with Crippen LogP contribution in [0, 0.1) is 5.92 Å². The summed E-state index contributed by atoms with van der Waals surface area (Å²) in [5.41, 5.74) is 0.522. The summed E-state index contributed by atoms with van der Waals surface area (Å²) in [6.07, 6.45) is 0.882. The topological polar surface area (TPSA) is 89.5 Å². The van der Waals surface area contributed by atoms with Crippen LogP contribution in [0.25, 0.3) is 16.8 Å². The van der Waals surface area contributed by atoms with E-state index in [-0.39, 0.29) is 9.80 Å². The highest BCUT2D eigenvalue weighted by Gasteiger charge is 2.33. The molecule has 2 atom stereocenters. The molecular weight excluding hydrogens is 385 g/mol. The molecule has 0 fully saturated rings. The lowest BCUT2D eigenvalue weighted by molar-refractivity contribution is -0.132. The number of fused-ring (bicyclic) bond motifs is 3. The second-order valence-corrected chi connectivity index (χ2v) is 8.65. The number of sulfone groups is 1. The summed E-state index contributed by atoms with van der Waals surface area (Å²) in [5, 5.41) is 3.54. The van der Waals surface area contributed by atoms with Crippen LogP contribution in [0.5, 0.6) is 0 Å². The van der Waals surface area contributed by atoms with Gasteiger partial charge >= 0.3 is 12.1 Å². The number of carbonyl (C=O) groups is 2. The Kier molecular flexibility index (Phi) is 5.51. The molecule has 0 aromatic heterocycles. The minimum absolute atomic E-state index is 0.0688.